The molecule has 2 aliphatic heterocycles. The van der Waals surface area contributed by atoms with Gasteiger partial charge in [-0.15, -0.1) is 0 Å². The molecule has 0 radical (unpaired) electrons. The number of primary amides is 1. The third kappa shape index (κ3) is 2.53. The van der Waals surface area contributed by atoms with E-state index in [1.165, 1.54) is 31.7 Å². The first-order valence-corrected chi connectivity index (χ1v) is 10.2. The van der Waals surface area contributed by atoms with Crippen LogP contribution >= 0.6 is 0 Å². The molecule has 144 valence electrons. The lowest BCUT2D eigenvalue weighted by Gasteiger charge is -2.41. The fourth-order valence-corrected chi connectivity index (χ4v) is 5.77. The summed E-state index contributed by atoms with van der Waals surface area (Å²) in [4.78, 5) is 29.7. The lowest BCUT2D eigenvalue weighted by atomic mass is 9.96. The summed E-state index contributed by atoms with van der Waals surface area (Å²) in [6, 6.07) is 3.43. The van der Waals surface area contributed by atoms with Gasteiger partial charge in [0.1, 0.15) is 5.82 Å². The number of nitrogens with two attached hydrogens (primary N) is 1. The number of benzene rings is 1. The summed E-state index contributed by atoms with van der Waals surface area (Å²) in [5, 5.41) is 0. The first-order chi connectivity index (χ1) is 13.0. The zero-order valence-electron chi connectivity index (χ0n) is 15.5. The van der Waals surface area contributed by atoms with Gasteiger partial charge in [0.2, 0.25) is 5.91 Å². The lowest BCUT2D eigenvalue weighted by Crippen LogP contribution is -2.50. The average molecular weight is 371 g/mol. The summed E-state index contributed by atoms with van der Waals surface area (Å²) in [7, 11) is 0. The lowest BCUT2D eigenvalue weighted by molar-refractivity contribution is 0.0398. The molecule has 2 N–H and O–H groups in total. The summed E-state index contributed by atoms with van der Waals surface area (Å²) in [5.41, 5.74) is 6.11. The first kappa shape index (κ1) is 17.2. The molecule has 2 heterocycles. The Bertz CT molecular complexity index is 806. The number of carbonyl (C=O) groups is 2. The van der Waals surface area contributed by atoms with Crippen LogP contribution in [0.4, 0.5) is 4.39 Å². The van der Waals surface area contributed by atoms with E-state index in [0.717, 1.165) is 44.8 Å². The van der Waals surface area contributed by atoms with Crippen LogP contribution in [-0.2, 0) is 5.54 Å². The Morgan fingerprint density at radius 2 is 1.74 bits per heavy atom. The Labute approximate surface area is 158 Å². The Morgan fingerprint density at radius 3 is 2.33 bits per heavy atom. The molecule has 0 aromatic heterocycles. The van der Waals surface area contributed by atoms with E-state index in [2.05, 4.69) is 4.90 Å². The molecule has 0 atom stereocenters. The van der Waals surface area contributed by atoms with E-state index in [4.69, 9.17) is 5.73 Å². The number of nitrogens with zero attached hydrogens (tertiary/aromatic N) is 2. The van der Waals surface area contributed by atoms with E-state index < -0.39 is 17.3 Å². The molecule has 1 aromatic rings. The van der Waals surface area contributed by atoms with E-state index in [0.29, 0.717) is 17.2 Å². The number of likely N-dealkylation sites (tertiary alicyclic amines) is 1. The van der Waals surface area contributed by atoms with Crippen molar-refractivity contribution < 1.29 is 14.0 Å². The molecular formula is C21H26FN3O2. The molecule has 0 unspecified atom stereocenters. The summed E-state index contributed by atoms with van der Waals surface area (Å²) in [6.07, 6.45) is 8.84. The molecule has 1 saturated heterocycles. The van der Waals surface area contributed by atoms with Gasteiger partial charge >= 0.3 is 0 Å². The molecule has 1 aromatic carbocycles. The SMILES string of the molecule is NC(=O)c1cc(F)cc2c1C(=O)N(C1CCN(C3CCCC3)CC1)C21CC1. The third-order valence-corrected chi connectivity index (χ3v) is 7.19. The van der Waals surface area contributed by atoms with Crippen molar-refractivity contribution in [3.05, 3.63) is 34.6 Å². The predicted molar refractivity (Wildman–Crippen MR) is 98.9 cm³/mol. The minimum Gasteiger partial charge on any atom is -0.366 e. The van der Waals surface area contributed by atoms with Crippen LogP contribution in [0.1, 0.15) is 77.6 Å². The number of piperidine rings is 1. The Morgan fingerprint density at radius 1 is 1.07 bits per heavy atom. The topological polar surface area (TPSA) is 66.6 Å². The minimum absolute atomic E-state index is 0.0344. The largest absolute Gasteiger partial charge is 0.366 e. The number of hydrogen-bond donors (Lipinski definition) is 1. The van der Waals surface area contributed by atoms with Gasteiger partial charge in [-0.25, -0.2) is 4.39 Å². The molecule has 6 heteroatoms. The van der Waals surface area contributed by atoms with E-state index in [1.54, 1.807) is 0 Å². The van der Waals surface area contributed by atoms with Gasteiger partial charge in [0.15, 0.2) is 0 Å². The maximum absolute atomic E-state index is 14.1. The van der Waals surface area contributed by atoms with Gasteiger partial charge < -0.3 is 15.5 Å². The molecule has 1 spiro atoms. The first-order valence-electron chi connectivity index (χ1n) is 10.2. The van der Waals surface area contributed by atoms with Crippen molar-refractivity contribution >= 4 is 11.8 Å². The summed E-state index contributed by atoms with van der Waals surface area (Å²) >= 11 is 0. The van der Waals surface area contributed by atoms with Crippen LogP contribution in [0.3, 0.4) is 0 Å². The monoisotopic (exact) mass is 371 g/mol. The van der Waals surface area contributed by atoms with Crippen LogP contribution < -0.4 is 5.73 Å². The highest BCUT2D eigenvalue weighted by molar-refractivity contribution is 6.10. The molecule has 2 saturated carbocycles. The van der Waals surface area contributed by atoms with Crippen molar-refractivity contribution in [2.24, 2.45) is 5.73 Å². The molecule has 27 heavy (non-hydrogen) atoms. The van der Waals surface area contributed by atoms with Crippen LogP contribution in [-0.4, -0.2) is 46.8 Å². The number of carbonyl (C=O) groups excluding carboxylic acids is 2. The van der Waals surface area contributed by atoms with Crippen LogP contribution in [0.15, 0.2) is 12.1 Å². The quantitative estimate of drug-likeness (QED) is 0.888. The standard InChI is InChI=1S/C21H26FN3O2/c22-13-11-16(19(23)26)18-17(12-13)21(7-8-21)25(20(18)27)15-5-9-24(10-6-15)14-3-1-2-4-14/h11-12,14-15H,1-10H2,(H2,23,26). The van der Waals surface area contributed by atoms with Crippen molar-refractivity contribution in [3.8, 4) is 0 Å². The smallest absolute Gasteiger partial charge is 0.256 e. The maximum Gasteiger partial charge on any atom is 0.256 e. The Kier molecular flexibility index (Phi) is 3.83. The molecule has 2 aliphatic carbocycles. The van der Waals surface area contributed by atoms with Crippen molar-refractivity contribution in [1.29, 1.82) is 0 Å². The van der Waals surface area contributed by atoms with E-state index >= 15 is 0 Å². The van der Waals surface area contributed by atoms with E-state index in [1.807, 2.05) is 4.90 Å². The highest BCUT2D eigenvalue weighted by atomic mass is 19.1. The summed E-state index contributed by atoms with van der Waals surface area (Å²) < 4.78 is 14.1. The molecule has 3 fully saturated rings. The second-order valence-electron chi connectivity index (χ2n) is 8.65. The van der Waals surface area contributed by atoms with Crippen molar-refractivity contribution in [3.63, 3.8) is 0 Å². The van der Waals surface area contributed by atoms with Crippen LogP contribution in [0.2, 0.25) is 0 Å². The predicted octanol–water partition coefficient (Wildman–Crippen LogP) is 2.78. The zero-order chi connectivity index (χ0) is 18.8. The van der Waals surface area contributed by atoms with E-state index in [9.17, 15) is 14.0 Å². The molecule has 0 bridgehead atoms. The van der Waals surface area contributed by atoms with Crippen LogP contribution in [0, 0.1) is 5.82 Å². The zero-order valence-corrected chi connectivity index (χ0v) is 15.5. The fourth-order valence-electron chi connectivity index (χ4n) is 5.77. The average Bonchev–Trinajstić information content (AvgIpc) is 3.16. The molecular weight excluding hydrogens is 345 g/mol. The number of amides is 2. The highest BCUT2D eigenvalue weighted by Crippen LogP contribution is 2.58. The van der Waals surface area contributed by atoms with E-state index in [-0.39, 0.29) is 17.5 Å². The van der Waals surface area contributed by atoms with Gasteiger partial charge in [-0.05, 0) is 56.2 Å². The van der Waals surface area contributed by atoms with Gasteiger partial charge in [0, 0.05) is 25.2 Å². The number of fused-ring (bicyclic) bond motifs is 2. The Balaban J connectivity index is 1.42. The Hall–Kier alpha value is -1.95. The molecule has 2 amide bonds. The number of halogens is 1. The fraction of sp³-hybridized carbons (Fsp3) is 0.619. The molecule has 5 nitrogen and oxygen atoms in total. The van der Waals surface area contributed by atoms with Gasteiger partial charge in [-0.2, -0.15) is 0 Å². The van der Waals surface area contributed by atoms with Crippen molar-refractivity contribution in [2.45, 2.75) is 69.0 Å². The summed E-state index contributed by atoms with van der Waals surface area (Å²) in [5.74, 6) is -1.34. The van der Waals surface area contributed by atoms with Gasteiger partial charge in [0.25, 0.3) is 5.91 Å². The molecule has 4 aliphatic rings. The van der Waals surface area contributed by atoms with Crippen LogP contribution in [0.5, 0.6) is 0 Å². The molecule has 5 rings (SSSR count). The van der Waals surface area contributed by atoms with Crippen LogP contribution in [0.25, 0.3) is 0 Å². The number of rotatable bonds is 3. The van der Waals surface area contributed by atoms with Gasteiger partial charge in [-0.1, -0.05) is 12.8 Å². The van der Waals surface area contributed by atoms with Crippen molar-refractivity contribution in [1.82, 2.24) is 9.80 Å². The van der Waals surface area contributed by atoms with Gasteiger partial charge in [0.05, 0.1) is 16.7 Å². The summed E-state index contributed by atoms with van der Waals surface area (Å²) in [6.45, 7) is 2.03. The number of hydrogen-bond acceptors (Lipinski definition) is 3. The second-order valence-corrected chi connectivity index (χ2v) is 8.65. The highest BCUT2D eigenvalue weighted by Gasteiger charge is 2.60. The third-order valence-electron chi connectivity index (χ3n) is 7.19. The van der Waals surface area contributed by atoms with Crippen molar-refractivity contribution in [2.75, 3.05) is 13.1 Å². The minimum atomic E-state index is -0.729. The maximum atomic E-state index is 14.1. The normalized spacial score (nSPS) is 25.4. The second kappa shape index (κ2) is 6.03. The van der Waals surface area contributed by atoms with Gasteiger partial charge in [-0.3, -0.25) is 9.59 Å².